The van der Waals surface area contributed by atoms with E-state index in [2.05, 4.69) is 5.32 Å². The molecule has 2 amide bonds. The monoisotopic (exact) mass is 450 g/mol. The average molecular weight is 451 g/mol. The molecular formula is C22H15ClN4O3S. The molecule has 31 heavy (non-hydrogen) atoms. The van der Waals surface area contributed by atoms with Gasteiger partial charge in [-0.1, -0.05) is 11.6 Å². The normalized spacial score (nSPS) is 10.7. The number of carbonyl (C=O) groups excluding carboxylic acids is 2. The minimum Gasteiger partial charge on any atom is -0.508 e. The standard InChI is InChI=1S/C22H15ClN4O3S/c1-11-6-12(2-4-14(11)21(25)29)27-17(15-5-3-13(28)7-16(15)23)8-19-18(27)9-20(31-19)22(30)26-10-24/h2-9,28H,1H3,(H2,25,29)(H,26,30). The zero-order valence-electron chi connectivity index (χ0n) is 16.1. The number of primary amides is 1. The van der Waals surface area contributed by atoms with Crippen LogP contribution in [0.15, 0.2) is 48.5 Å². The second-order valence-corrected chi connectivity index (χ2v) is 8.31. The number of aromatic nitrogens is 1. The van der Waals surface area contributed by atoms with Crippen LogP contribution in [0.25, 0.3) is 27.2 Å². The number of thiophene rings is 1. The molecule has 0 radical (unpaired) electrons. The van der Waals surface area contributed by atoms with Crippen LogP contribution in [0.5, 0.6) is 5.75 Å². The van der Waals surface area contributed by atoms with Crippen molar-refractivity contribution in [3.05, 3.63) is 69.6 Å². The van der Waals surface area contributed by atoms with Gasteiger partial charge in [0.05, 0.1) is 25.8 Å². The summed E-state index contributed by atoms with van der Waals surface area (Å²) >= 11 is 7.65. The molecule has 0 aliphatic carbocycles. The number of phenols is 1. The van der Waals surface area contributed by atoms with Gasteiger partial charge in [0, 0.05) is 16.8 Å². The van der Waals surface area contributed by atoms with Gasteiger partial charge in [0.15, 0.2) is 6.19 Å². The highest BCUT2D eigenvalue weighted by atomic mass is 35.5. The molecule has 0 spiro atoms. The van der Waals surface area contributed by atoms with E-state index in [-0.39, 0.29) is 5.75 Å². The van der Waals surface area contributed by atoms with Crippen molar-refractivity contribution in [2.45, 2.75) is 6.92 Å². The Morgan fingerprint density at radius 3 is 2.61 bits per heavy atom. The van der Waals surface area contributed by atoms with E-state index >= 15 is 0 Å². The first-order valence-electron chi connectivity index (χ1n) is 9.04. The van der Waals surface area contributed by atoms with Gasteiger partial charge in [-0.2, -0.15) is 5.26 Å². The summed E-state index contributed by atoms with van der Waals surface area (Å²) in [6.45, 7) is 1.79. The van der Waals surface area contributed by atoms with Gasteiger partial charge in [-0.3, -0.25) is 14.9 Å². The summed E-state index contributed by atoms with van der Waals surface area (Å²) < 4.78 is 2.71. The van der Waals surface area contributed by atoms with Gasteiger partial charge in [0.1, 0.15) is 5.75 Å². The number of nitrogens with two attached hydrogens (primary N) is 1. The van der Waals surface area contributed by atoms with Crippen molar-refractivity contribution in [2.75, 3.05) is 0 Å². The summed E-state index contributed by atoms with van der Waals surface area (Å²) in [4.78, 5) is 24.2. The van der Waals surface area contributed by atoms with Crippen LogP contribution in [0, 0.1) is 18.4 Å². The Morgan fingerprint density at radius 2 is 1.97 bits per heavy atom. The molecule has 2 heterocycles. The number of rotatable bonds is 4. The number of hydrogen-bond acceptors (Lipinski definition) is 5. The van der Waals surface area contributed by atoms with Gasteiger partial charge in [-0.05, 0) is 61.0 Å². The third-order valence-electron chi connectivity index (χ3n) is 4.85. The maximum Gasteiger partial charge on any atom is 0.274 e. The molecule has 0 aliphatic rings. The molecule has 2 aromatic heterocycles. The molecule has 4 aromatic rings. The molecule has 0 unspecified atom stereocenters. The van der Waals surface area contributed by atoms with Crippen molar-refractivity contribution in [3.8, 4) is 28.9 Å². The van der Waals surface area contributed by atoms with E-state index in [0.29, 0.717) is 26.6 Å². The lowest BCUT2D eigenvalue weighted by Crippen LogP contribution is -2.15. The summed E-state index contributed by atoms with van der Waals surface area (Å²) in [6, 6.07) is 13.5. The highest BCUT2D eigenvalue weighted by Gasteiger charge is 2.20. The van der Waals surface area contributed by atoms with Crippen LogP contribution >= 0.6 is 22.9 Å². The van der Waals surface area contributed by atoms with Crippen molar-refractivity contribution >= 4 is 45.0 Å². The van der Waals surface area contributed by atoms with Gasteiger partial charge >= 0.3 is 0 Å². The molecule has 7 nitrogen and oxygen atoms in total. The van der Waals surface area contributed by atoms with E-state index < -0.39 is 11.8 Å². The van der Waals surface area contributed by atoms with Crippen molar-refractivity contribution in [1.29, 1.82) is 5.26 Å². The fraction of sp³-hybridized carbons (Fsp3) is 0.0455. The maximum atomic E-state index is 12.1. The summed E-state index contributed by atoms with van der Waals surface area (Å²) in [5, 5.41) is 21.0. The number of hydrogen-bond donors (Lipinski definition) is 3. The minimum atomic E-state index is -0.519. The largest absolute Gasteiger partial charge is 0.508 e. The van der Waals surface area contributed by atoms with Crippen molar-refractivity contribution in [2.24, 2.45) is 5.73 Å². The number of aryl methyl sites for hydroxylation is 1. The number of amides is 2. The lowest BCUT2D eigenvalue weighted by molar-refractivity contribution is 0.0974. The Morgan fingerprint density at radius 1 is 1.19 bits per heavy atom. The molecule has 154 valence electrons. The smallest absolute Gasteiger partial charge is 0.274 e. The molecule has 0 saturated heterocycles. The van der Waals surface area contributed by atoms with Crippen LogP contribution in [-0.4, -0.2) is 21.5 Å². The second-order valence-electron chi connectivity index (χ2n) is 6.82. The number of fused-ring (bicyclic) bond motifs is 1. The first-order valence-corrected chi connectivity index (χ1v) is 10.2. The molecular weight excluding hydrogens is 436 g/mol. The van der Waals surface area contributed by atoms with Crippen LogP contribution in [0.3, 0.4) is 0 Å². The number of aromatic hydroxyl groups is 1. The van der Waals surface area contributed by atoms with Gasteiger partial charge in [0.25, 0.3) is 5.91 Å². The van der Waals surface area contributed by atoms with Gasteiger partial charge in [-0.25, -0.2) is 0 Å². The predicted molar refractivity (Wildman–Crippen MR) is 120 cm³/mol. The first kappa shape index (κ1) is 20.5. The zero-order chi connectivity index (χ0) is 22.3. The number of phenolic OH excluding ortho intramolecular Hbond substituents is 1. The molecule has 9 heteroatoms. The summed E-state index contributed by atoms with van der Waals surface area (Å²) in [5.74, 6) is -0.958. The molecule has 4 rings (SSSR count). The Kier molecular flexibility index (Phi) is 5.15. The van der Waals surface area contributed by atoms with Crippen LogP contribution in [-0.2, 0) is 0 Å². The molecule has 0 bridgehead atoms. The maximum absolute atomic E-state index is 12.1. The molecule has 0 aliphatic heterocycles. The summed E-state index contributed by atoms with van der Waals surface area (Å²) in [6.07, 6.45) is 1.64. The number of nitrogens with zero attached hydrogens (tertiary/aromatic N) is 2. The van der Waals surface area contributed by atoms with Crippen LogP contribution < -0.4 is 11.1 Å². The second kappa shape index (κ2) is 7.80. The highest BCUT2D eigenvalue weighted by molar-refractivity contribution is 7.20. The van der Waals surface area contributed by atoms with E-state index in [0.717, 1.165) is 21.6 Å². The number of nitriles is 1. The Bertz CT molecular complexity index is 1410. The predicted octanol–water partition coefficient (Wildman–Crippen LogP) is 4.34. The fourth-order valence-corrected chi connectivity index (χ4v) is 4.72. The number of halogens is 1. The number of nitrogens with one attached hydrogen (secondary N) is 1. The molecule has 0 atom stereocenters. The number of carbonyl (C=O) groups is 2. The van der Waals surface area contributed by atoms with E-state index in [1.165, 1.54) is 17.4 Å². The van der Waals surface area contributed by atoms with E-state index in [1.54, 1.807) is 43.4 Å². The highest BCUT2D eigenvalue weighted by Crippen LogP contribution is 2.39. The van der Waals surface area contributed by atoms with Crippen molar-refractivity contribution < 1.29 is 14.7 Å². The lowest BCUT2D eigenvalue weighted by Gasteiger charge is -2.14. The Hall–Kier alpha value is -3.80. The van der Waals surface area contributed by atoms with Gasteiger partial charge < -0.3 is 15.4 Å². The zero-order valence-corrected chi connectivity index (χ0v) is 17.7. The van der Waals surface area contributed by atoms with Crippen LogP contribution in [0.4, 0.5) is 0 Å². The third kappa shape index (κ3) is 3.61. The van der Waals surface area contributed by atoms with Gasteiger partial charge in [-0.15, -0.1) is 11.3 Å². The van der Waals surface area contributed by atoms with Crippen molar-refractivity contribution in [1.82, 2.24) is 9.88 Å². The Labute approximate surface area is 185 Å². The molecule has 0 saturated carbocycles. The molecule has 0 fully saturated rings. The van der Waals surface area contributed by atoms with E-state index in [9.17, 15) is 14.7 Å². The summed E-state index contributed by atoms with van der Waals surface area (Å²) in [7, 11) is 0. The van der Waals surface area contributed by atoms with Crippen LogP contribution in [0.2, 0.25) is 5.02 Å². The lowest BCUT2D eigenvalue weighted by atomic mass is 10.1. The summed E-state index contributed by atoms with van der Waals surface area (Å²) in [5.41, 5.74) is 9.45. The van der Waals surface area contributed by atoms with Crippen molar-refractivity contribution in [3.63, 3.8) is 0 Å². The topological polar surface area (TPSA) is 121 Å². The number of benzene rings is 2. The molecule has 2 aromatic carbocycles. The molecule has 4 N–H and O–H groups in total. The third-order valence-corrected chi connectivity index (χ3v) is 6.23. The fourth-order valence-electron chi connectivity index (χ4n) is 3.47. The quantitative estimate of drug-likeness (QED) is 0.316. The SMILES string of the molecule is Cc1cc(-n2c(-c3ccc(O)cc3Cl)cc3sc(C(=O)NC#N)cc32)ccc1C(N)=O. The average Bonchev–Trinajstić information content (AvgIpc) is 3.25. The van der Waals surface area contributed by atoms with E-state index in [4.69, 9.17) is 22.6 Å². The van der Waals surface area contributed by atoms with Gasteiger partial charge in [0.2, 0.25) is 5.91 Å². The Balaban J connectivity index is 1.99. The minimum absolute atomic E-state index is 0.0470. The van der Waals surface area contributed by atoms with E-state index in [1.807, 2.05) is 16.7 Å². The first-order chi connectivity index (χ1) is 14.8. The van der Waals surface area contributed by atoms with Crippen LogP contribution in [0.1, 0.15) is 25.6 Å².